The fourth-order valence-electron chi connectivity index (χ4n) is 10.8. The van der Waals surface area contributed by atoms with E-state index in [9.17, 15) is 14.4 Å². The van der Waals surface area contributed by atoms with Crippen molar-refractivity contribution in [2.24, 2.45) is 0 Å². The van der Waals surface area contributed by atoms with Gasteiger partial charge in [-0.05, 0) is 200 Å². The van der Waals surface area contributed by atoms with Crippen LogP contribution in [0.4, 0.5) is 0 Å². The van der Waals surface area contributed by atoms with Gasteiger partial charge >= 0.3 is 17.9 Å². The fraction of sp³-hybridized carbons (Fsp3) is 0.512. The van der Waals surface area contributed by atoms with Crippen molar-refractivity contribution in [3.63, 3.8) is 0 Å². The second-order valence-corrected chi connectivity index (χ2v) is 25.0. The number of ether oxygens (including phenoxy) is 8. The van der Waals surface area contributed by atoms with E-state index in [0.29, 0.717) is 45.6 Å². The number of likely N-dealkylation sites (N-methyl/N-ethyl adjacent to an activating group) is 3. The van der Waals surface area contributed by atoms with Crippen molar-refractivity contribution in [2.45, 2.75) is 174 Å². The zero-order chi connectivity index (χ0) is 68.1. The highest BCUT2D eigenvalue weighted by molar-refractivity contribution is 5.70. The Morgan fingerprint density at radius 3 is 0.989 bits per heavy atom. The van der Waals surface area contributed by atoms with Gasteiger partial charge in [0.15, 0.2) is 0 Å². The maximum absolute atomic E-state index is 12.3. The molecular formula is C80H115N3O11. The molecule has 0 N–H and O–H groups in total. The highest BCUT2D eigenvalue weighted by Crippen LogP contribution is 2.25. The average molecular weight is 1290 g/mol. The molecule has 0 heterocycles. The number of nitrogens with zero attached hydrogens (tertiary/aromatic N) is 3. The summed E-state index contributed by atoms with van der Waals surface area (Å²) in [6, 6.07) is 49.4. The zero-order valence-corrected chi connectivity index (χ0v) is 59.3. The molecule has 6 aromatic carbocycles. The number of para-hydroxylation sites is 2. The Bertz CT molecular complexity index is 2830. The average Bonchev–Trinajstić information content (AvgIpc) is 2.31. The lowest BCUT2D eigenvalue weighted by Crippen LogP contribution is -2.35. The van der Waals surface area contributed by atoms with Gasteiger partial charge in [-0.1, -0.05) is 163 Å². The molecule has 0 saturated carbocycles. The molecule has 0 spiro atoms. The van der Waals surface area contributed by atoms with E-state index in [1.165, 1.54) is 27.8 Å². The summed E-state index contributed by atoms with van der Waals surface area (Å²) < 4.78 is 45.3. The van der Waals surface area contributed by atoms with Gasteiger partial charge < -0.3 is 52.6 Å². The fourth-order valence-corrected chi connectivity index (χ4v) is 10.8. The van der Waals surface area contributed by atoms with Crippen molar-refractivity contribution in [3.8, 4) is 28.7 Å². The molecule has 0 aliphatic heterocycles. The molecule has 0 aliphatic carbocycles. The Morgan fingerprint density at radius 1 is 0.340 bits per heavy atom. The third kappa shape index (κ3) is 34.1. The summed E-state index contributed by atoms with van der Waals surface area (Å²) >= 11 is 0. The molecule has 0 radical (unpaired) electrons. The highest BCUT2D eigenvalue weighted by atomic mass is 16.6. The van der Waals surface area contributed by atoms with Crippen molar-refractivity contribution in [3.05, 3.63) is 185 Å². The van der Waals surface area contributed by atoms with E-state index in [1.54, 1.807) is 21.3 Å². The molecule has 1 unspecified atom stereocenters. The van der Waals surface area contributed by atoms with Crippen LogP contribution in [0.3, 0.4) is 0 Å². The second-order valence-electron chi connectivity index (χ2n) is 25.0. The first kappa shape index (κ1) is 79.1. The zero-order valence-electron chi connectivity index (χ0n) is 59.3. The van der Waals surface area contributed by atoms with Gasteiger partial charge in [-0.3, -0.25) is 14.4 Å². The van der Waals surface area contributed by atoms with Crippen molar-refractivity contribution >= 4 is 17.9 Å². The van der Waals surface area contributed by atoms with Crippen LogP contribution in [-0.4, -0.2) is 147 Å². The standard InChI is InChI=1S/C27H39NO4.C27H39NO3.C26H37NO4/c1-5-6-7-8-13-27(29)32-25(20-28(2)3)21-31-26-12-10-9-11-23(26)17-14-22-15-18-24(30-4)19-16-22;1-5-6-7-12-27(29)31-26(21-28(2)3)20-17-24-11-9-8-10-23(24)16-13-22-14-18-25(30-4)19-15-22;1-5-6-7-12-26(28)31-24(19-27(2)3)20-30-25-11-9-8-10-22(25)16-13-21-14-17-23(29-4)18-15-21/h9-12,15-16,18-19,25H,5-8,13-14,17,20-21H2,1-4H3;8-11,14-15,18-19,26H,5-7,12-13,16-17,20-21H2,1-4H3;8-11,14-15,17-18,24H,5-7,12-13,16,19-20H2,1-4H3/t;26-;24-/m.11/s1. The summed E-state index contributed by atoms with van der Waals surface area (Å²) in [4.78, 5) is 42.8. The molecule has 0 amide bonds. The van der Waals surface area contributed by atoms with Crippen molar-refractivity contribution in [1.29, 1.82) is 0 Å². The second kappa shape index (κ2) is 47.5. The van der Waals surface area contributed by atoms with Crippen molar-refractivity contribution in [1.82, 2.24) is 14.7 Å². The molecule has 0 saturated heterocycles. The van der Waals surface area contributed by atoms with E-state index in [-0.39, 0.29) is 36.2 Å². The normalized spacial score (nSPS) is 11.9. The molecule has 14 heteroatoms. The number of hydrogen-bond acceptors (Lipinski definition) is 14. The minimum Gasteiger partial charge on any atom is -0.497 e. The third-order valence-electron chi connectivity index (χ3n) is 16.0. The highest BCUT2D eigenvalue weighted by Gasteiger charge is 2.21. The lowest BCUT2D eigenvalue weighted by molar-refractivity contribution is -0.152. The van der Waals surface area contributed by atoms with Crippen molar-refractivity contribution in [2.75, 3.05) is 96.5 Å². The summed E-state index contributed by atoms with van der Waals surface area (Å²) in [5, 5.41) is 0. The summed E-state index contributed by atoms with van der Waals surface area (Å²) in [7, 11) is 17.0. The van der Waals surface area contributed by atoms with Crippen LogP contribution in [0, 0.1) is 0 Å². The van der Waals surface area contributed by atoms with Gasteiger partial charge in [0.25, 0.3) is 0 Å². The third-order valence-corrected chi connectivity index (χ3v) is 16.0. The predicted molar refractivity (Wildman–Crippen MR) is 382 cm³/mol. The quantitative estimate of drug-likeness (QED) is 0.0204. The van der Waals surface area contributed by atoms with Gasteiger partial charge in [0.2, 0.25) is 0 Å². The van der Waals surface area contributed by atoms with Crippen LogP contribution in [0.25, 0.3) is 0 Å². The van der Waals surface area contributed by atoms with Gasteiger partial charge in [-0.15, -0.1) is 0 Å². The topological polar surface area (TPSA) is 135 Å². The lowest BCUT2D eigenvalue weighted by atomic mass is 9.96. The Labute approximate surface area is 565 Å². The van der Waals surface area contributed by atoms with E-state index in [1.807, 2.05) is 125 Å². The first-order valence-corrected chi connectivity index (χ1v) is 34.4. The van der Waals surface area contributed by atoms with E-state index in [0.717, 1.165) is 162 Å². The number of rotatable bonds is 43. The maximum atomic E-state index is 12.3. The molecule has 6 rings (SSSR count). The Hall–Kier alpha value is -7.39. The van der Waals surface area contributed by atoms with E-state index in [4.69, 9.17) is 37.9 Å². The number of esters is 3. The summed E-state index contributed by atoms with van der Waals surface area (Å²) in [6.07, 6.45) is 18.5. The lowest BCUT2D eigenvalue weighted by Gasteiger charge is -2.22. The van der Waals surface area contributed by atoms with Gasteiger partial charge in [0, 0.05) is 38.9 Å². The number of carbonyl (C=O) groups excluding carboxylic acids is 3. The number of unbranched alkanes of at least 4 members (excludes halogenated alkanes) is 7. The molecule has 0 bridgehead atoms. The van der Waals surface area contributed by atoms with Crippen LogP contribution in [0.1, 0.15) is 150 Å². The smallest absolute Gasteiger partial charge is 0.306 e. The number of methoxy groups -OCH3 is 3. The van der Waals surface area contributed by atoms with Crippen LogP contribution >= 0.6 is 0 Å². The molecular weight excluding hydrogens is 1180 g/mol. The van der Waals surface area contributed by atoms with Crippen LogP contribution in [0.2, 0.25) is 0 Å². The molecule has 3 atom stereocenters. The Kier molecular flexibility index (Phi) is 39.9. The first-order valence-electron chi connectivity index (χ1n) is 34.4. The summed E-state index contributed by atoms with van der Waals surface area (Å²) in [5.41, 5.74) is 8.83. The van der Waals surface area contributed by atoms with Crippen LogP contribution in [-0.2, 0) is 73.5 Å². The molecule has 0 aromatic heterocycles. The van der Waals surface area contributed by atoms with Crippen LogP contribution in [0.15, 0.2) is 146 Å². The first-order chi connectivity index (χ1) is 45.5. The molecule has 0 aliphatic rings. The number of benzene rings is 6. The van der Waals surface area contributed by atoms with E-state index >= 15 is 0 Å². The number of carbonyl (C=O) groups is 3. The van der Waals surface area contributed by atoms with Crippen LogP contribution < -0.4 is 23.7 Å². The van der Waals surface area contributed by atoms with Gasteiger partial charge in [0.1, 0.15) is 60.3 Å². The van der Waals surface area contributed by atoms with Gasteiger partial charge in [-0.2, -0.15) is 0 Å². The molecule has 94 heavy (non-hydrogen) atoms. The molecule has 6 aromatic rings. The molecule has 14 nitrogen and oxygen atoms in total. The largest absolute Gasteiger partial charge is 0.497 e. The Balaban J connectivity index is 0.000000300. The van der Waals surface area contributed by atoms with Crippen molar-refractivity contribution < 1.29 is 52.3 Å². The number of hydrogen-bond donors (Lipinski definition) is 0. The number of aryl methyl sites for hydroxylation is 7. The Morgan fingerprint density at radius 2 is 0.638 bits per heavy atom. The predicted octanol–water partition coefficient (Wildman–Crippen LogP) is 15.7. The SMILES string of the molecule is CCCCCC(=O)O[C@@H](COc1ccccc1CCc1ccc(OC)cc1)CN(C)C.CCCCCC(=O)O[C@H](CCc1ccccc1CCc1ccc(OC)cc1)CN(C)C.CCCCCCC(=O)OC(COc1ccccc1CCc1ccc(OC)cc1)CN(C)C. The van der Waals surface area contributed by atoms with Gasteiger partial charge in [-0.25, -0.2) is 0 Å². The van der Waals surface area contributed by atoms with Gasteiger partial charge in [0.05, 0.1) is 21.3 Å². The monoisotopic (exact) mass is 1290 g/mol. The van der Waals surface area contributed by atoms with E-state index < -0.39 is 0 Å². The minimum atomic E-state index is -0.293. The molecule has 516 valence electrons. The summed E-state index contributed by atoms with van der Waals surface area (Å²) in [5.74, 6) is 3.98. The van der Waals surface area contributed by atoms with E-state index in [2.05, 4.69) is 98.5 Å². The maximum Gasteiger partial charge on any atom is 0.306 e. The molecule has 0 fully saturated rings. The minimum absolute atomic E-state index is 0.0620. The van der Waals surface area contributed by atoms with Crippen LogP contribution in [0.5, 0.6) is 28.7 Å². The summed E-state index contributed by atoms with van der Waals surface area (Å²) in [6.45, 7) is 9.15.